The first kappa shape index (κ1) is 23.0. The normalized spacial score (nSPS) is 10.0. The number of ether oxygens (including phenoxy) is 2. The van der Waals surface area contributed by atoms with Gasteiger partial charge in [-0.1, -0.05) is 18.2 Å². The Kier molecular flexibility index (Phi) is 9.43. The Morgan fingerprint density at radius 1 is 0.867 bits per heavy atom. The predicted octanol–water partition coefficient (Wildman–Crippen LogP) is 2.72. The second-order valence-corrected chi connectivity index (χ2v) is 6.52. The van der Waals surface area contributed by atoms with Crippen LogP contribution in [-0.4, -0.2) is 43.2 Å². The molecule has 0 aromatic heterocycles. The number of amides is 2. The summed E-state index contributed by atoms with van der Waals surface area (Å²) in [6.45, 7) is 0.458. The molecule has 0 spiro atoms. The molecule has 0 aliphatic heterocycles. The Morgan fingerprint density at radius 2 is 1.50 bits per heavy atom. The van der Waals surface area contributed by atoms with Crippen LogP contribution in [0.3, 0.4) is 0 Å². The van der Waals surface area contributed by atoms with Crippen molar-refractivity contribution in [1.82, 2.24) is 5.32 Å². The number of thiocarbonyl (C=S) groups is 1. The van der Waals surface area contributed by atoms with Crippen LogP contribution in [0.2, 0.25) is 0 Å². The number of carbonyl (C=O) groups is 3. The molecular formula is C21H23N3O5S. The third kappa shape index (κ3) is 8.38. The van der Waals surface area contributed by atoms with Crippen LogP contribution < -0.4 is 16.0 Å². The Morgan fingerprint density at radius 3 is 2.13 bits per heavy atom. The van der Waals surface area contributed by atoms with Crippen molar-refractivity contribution in [3.63, 3.8) is 0 Å². The molecule has 2 rings (SSSR count). The van der Waals surface area contributed by atoms with E-state index in [0.29, 0.717) is 23.5 Å². The van der Waals surface area contributed by atoms with Gasteiger partial charge in [0.15, 0.2) is 5.11 Å². The van der Waals surface area contributed by atoms with E-state index in [1.807, 2.05) is 6.07 Å². The summed E-state index contributed by atoms with van der Waals surface area (Å²) in [5.41, 5.74) is 1.82. The zero-order valence-electron chi connectivity index (χ0n) is 16.5. The smallest absolute Gasteiger partial charge is 0.306 e. The number of hydrogen-bond acceptors (Lipinski definition) is 6. The summed E-state index contributed by atoms with van der Waals surface area (Å²) in [6, 6.07) is 15.7. The van der Waals surface area contributed by atoms with Gasteiger partial charge in [0, 0.05) is 30.5 Å². The molecule has 0 saturated heterocycles. The maximum Gasteiger partial charge on any atom is 0.306 e. The lowest BCUT2D eigenvalue weighted by Gasteiger charge is -2.11. The number of rotatable bonds is 9. The first-order valence-corrected chi connectivity index (χ1v) is 9.60. The van der Waals surface area contributed by atoms with Gasteiger partial charge in [0.05, 0.1) is 13.0 Å². The first-order valence-electron chi connectivity index (χ1n) is 9.20. The molecule has 0 aliphatic rings. The van der Waals surface area contributed by atoms with Crippen LogP contribution in [0, 0.1) is 0 Å². The van der Waals surface area contributed by atoms with Crippen molar-refractivity contribution in [2.75, 3.05) is 31.0 Å². The van der Waals surface area contributed by atoms with Gasteiger partial charge in [-0.2, -0.15) is 0 Å². The van der Waals surface area contributed by atoms with Gasteiger partial charge in [-0.15, -0.1) is 0 Å². The van der Waals surface area contributed by atoms with E-state index in [1.54, 1.807) is 48.5 Å². The molecule has 2 aromatic carbocycles. The van der Waals surface area contributed by atoms with Crippen LogP contribution in [0.1, 0.15) is 23.2 Å². The minimum atomic E-state index is -0.478. The van der Waals surface area contributed by atoms with E-state index in [9.17, 15) is 14.4 Å². The van der Waals surface area contributed by atoms with Crippen LogP contribution in [0.5, 0.6) is 0 Å². The molecule has 0 atom stereocenters. The molecule has 0 radical (unpaired) electrons. The molecule has 0 unspecified atom stereocenters. The number of carbonyl (C=O) groups excluding carboxylic acids is 3. The highest BCUT2D eigenvalue weighted by Gasteiger charge is 2.10. The Labute approximate surface area is 179 Å². The van der Waals surface area contributed by atoms with Crippen molar-refractivity contribution in [2.24, 2.45) is 0 Å². The van der Waals surface area contributed by atoms with Gasteiger partial charge in [-0.05, 0) is 48.6 Å². The van der Waals surface area contributed by atoms with Gasteiger partial charge >= 0.3 is 5.97 Å². The van der Waals surface area contributed by atoms with Crippen molar-refractivity contribution >= 4 is 46.5 Å². The summed E-state index contributed by atoms with van der Waals surface area (Å²) in [6.07, 6.45) is -0.0912. The molecule has 30 heavy (non-hydrogen) atoms. The first-order chi connectivity index (χ1) is 14.5. The highest BCUT2D eigenvalue weighted by atomic mass is 32.1. The number of anilines is 2. The Hall–Kier alpha value is -3.30. The Balaban J connectivity index is 1.74. The molecule has 3 N–H and O–H groups in total. The largest absolute Gasteiger partial charge is 0.463 e. The number of esters is 1. The molecule has 0 heterocycles. The van der Waals surface area contributed by atoms with Crippen LogP contribution in [0.4, 0.5) is 11.4 Å². The van der Waals surface area contributed by atoms with E-state index < -0.39 is 11.9 Å². The van der Waals surface area contributed by atoms with Crippen molar-refractivity contribution in [3.8, 4) is 0 Å². The van der Waals surface area contributed by atoms with E-state index in [2.05, 4.69) is 16.0 Å². The standard InChI is InChI=1S/C21H23N3O5S/c1-28-13-14-29-19(26)12-11-18(25)24-21(30)23-17-9-7-16(8-10-17)22-20(27)15-5-3-2-4-6-15/h2-10H,11-14H2,1H3,(H,22,27)(H2,23,24,25,30). The fraction of sp³-hybridized carbons (Fsp3) is 0.238. The fourth-order valence-electron chi connectivity index (χ4n) is 2.31. The van der Waals surface area contributed by atoms with Crippen molar-refractivity contribution in [3.05, 3.63) is 60.2 Å². The van der Waals surface area contributed by atoms with Crippen LogP contribution in [0.15, 0.2) is 54.6 Å². The zero-order chi connectivity index (χ0) is 21.8. The van der Waals surface area contributed by atoms with Gasteiger partial charge in [-0.3, -0.25) is 14.4 Å². The summed E-state index contributed by atoms with van der Waals surface area (Å²) in [4.78, 5) is 35.5. The quantitative estimate of drug-likeness (QED) is 0.320. The maximum absolute atomic E-state index is 12.1. The van der Waals surface area contributed by atoms with E-state index in [-0.39, 0.29) is 30.5 Å². The Bertz CT molecular complexity index is 872. The van der Waals surface area contributed by atoms with Crippen LogP contribution >= 0.6 is 12.2 Å². The van der Waals surface area contributed by atoms with Gasteiger partial charge in [0.1, 0.15) is 6.61 Å². The monoisotopic (exact) mass is 429 g/mol. The summed E-state index contributed by atoms with van der Waals surface area (Å²) < 4.78 is 9.65. The maximum atomic E-state index is 12.1. The van der Waals surface area contributed by atoms with E-state index >= 15 is 0 Å². The zero-order valence-corrected chi connectivity index (χ0v) is 17.3. The minimum absolute atomic E-state index is 0.0436. The minimum Gasteiger partial charge on any atom is -0.463 e. The second-order valence-electron chi connectivity index (χ2n) is 6.11. The molecule has 158 valence electrons. The van der Waals surface area contributed by atoms with Crippen molar-refractivity contribution in [2.45, 2.75) is 12.8 Å². The molecule has 0 aliphatic carbocycles. The van der Waals surface area contributed by atoms with Gasteiger partial charge in [0.2, 0.25) is 5.91 Å². The number of hydrogen-bond donors (Lipinski definition) is 3. The number of nitrogens with one attached hydrogen (secondary N) is 3. The SMILES string of the molecule is COCCOC(=O)CCC(=O)NC(=S)Nc1ccc(NC(=O)c2ccccc2)cc1. The molecule has 0 fully saturated rings. The lowest BCUT2D eigenvalue weighted by atomic mass is 10.2. The lowest BCUT2D eigenvalue weighted by molar-refractivity contribution is -0.146. The summed E-state index contributed by atoms with van der Waals surface area (Å²) in [7, 11) is 1.50. The lowest BCUT2D eigenvalue weighted by Crippen LogP contribution is -2.34. The highest BCUT2D eigenvalue weighted by molar-refractivity contribution is 7.80. The van der Waals surface area contributed by atoms with Crippen LogP contribution in [0.25, 0.3) is 0 Å². The van der Waals surface area contributed by atoms with E-state index in [4.69, 9.17) is 21.7 Å². The third-order valence-electron chi connectivity index (χ3n) is 3.80. The fourth-order valence-corrected chi connectivity index (χ4v) is 2.54. The van der Waals surface area contributed by atoms with Gasteiger partial charge in [0.25, 0.3) is 5.91 Å². The molecule has 8 nitrogen and oxygen atoms in total. The summed E-state index contributed by atoms with van der Waals surface area (Å²) in [5.74, 6) is -1.09. The predicted molar refractivity (Wildman–Crippen MR) is 117 cm³/mol. The summed E-state index contributed by atoms with van der Waals surface area (Å²) >= 11 is 5.10. The average molecular weight is 429 g/mol. The number of methoxy groups -OCH3 is 1. The van der Waals surface area contributed by atoms with Gasteiger partial charge < -0.3 is 25.4 Å². The molecule has 2 aromatic rings. The molecule has 9 heteroatoms. The topological polar surface area (TPSA) is 106 Å². The second kappa shape index (κ2) is 12.3. The average Bonchev–Trinajstić information content (AvgIpc) is 2.74. The molecule has 0 saturated carbocycles. The molecule has 2 amide bonds. The van der Waals surface area contributed by atoms with E-state index in [1.165, 1.54) is 7.11 Å². The van der Waals surface area contributed by atoms with Crippen LogP contribution in [-0.2, 0) is 19.1 Å². The molecular weight excluding hydrogens is 406 g/mol. The highest BCUT2D eigenvalue weighted by Crippen LogP contribution is 2.14. The van der Waals surface area contributed by atoms with Crippen molar-refractivity contribution < 1.29 is 23.9 Å². The summed E-state index contributed by atoms with van der Waals surface area (Å²) in [5, 5.41) is 8.27. The molecule has 0 bridgehead atoms. The van der Waals surface area contributed by atoms with Gasteiger partial charge in [-0.25, -0.2) is 0 Å². The third-order valence-corrected chi connectivity index (χ3v) is 4.00. The number of benzene rings is 2. The van der Waals surface area contributed by atoms with Crippen molar-refractivity contribution in [1.29, 1.82) is 0 Å². The van der Waals surface area contributed by atoms with E-state index in [0.717, 1.165) is 0 Å².